The lowest BCUT2D eigenvalue weighted by Crippen LogP contribution is -2.19. The van der Waals surface area contributed by atoms with Gasteiger partial charge >= 0.3 is 0 Å². The van der Waals surface area contributed by atoms with Gasteiger partial charge in [-0.2, -0.15) is 5.26 Å². The molecule has 84 valence electrons. The summed E-state index contributed by atoms with van der Waals surface area (Å²) >= 11 is 0. The van der Waals surface area contributed by atoms with E-state index >= 15 is 0 Å². The summed E-state index contributed by atoms with van der Waals surface area (Å²) in [5.74, 6) is 0.0438. The molecule has 2 aliphatic rings. The second kappa shape index (κ2) is 3.34. The van der Waals surface area contributed by atoms with Crippen molar-refractivity contribution >= 4 is 5.57 Å². The Hall–Kier alpha value is -1.81. The highest BCUT2D eigenvalue weighted by molar-refractivity contribution is 5.86. The van der Waals surface area contributed by atoms with Gasteiger partial charge in [-0.15, -0.1) is 0 Å². The summed E-state index contributed by atoms with van der Waals surface area (Å²) in [7, 11) is 0. The van der Waals surface area contributed by atoms with Crippen molar-refractivity contribution < 1.29 is 0 Å². The highest BCUT2D eigenvalue weighted by Crippen LogP contribution is 2.50. The molecule has 0 amide bonds. The number of hydrogen-bond donors (Lipinski definition) is 0. The monoisotopic (exact) mass is 221 g/mol. The molecule has 1 heteroatoms. The molecule has 1 nitrogen and oxygen atoms in total. The van der Waals surface area contributed by atoms with E-state index in [0.717, 1.165) is 6.42 Å². The predicted molar refractivity (Wildman–Crippen MR) is 69.2 cm³/mol. The number of hydrogen-bond acceptors (Lipinski definition) is 1. The minimum atomic E-state index is 0.0438. The summed E-state index contributed by atoms with van der Waals surface area (Å²) in [6, 6.07) is 11.0. The Morgan fingerprint density at radius 2 is 2.06 bits per heavy atom. The van der Waals surface area contributed by atoms with Crippen LogP contribution in [0.15, 0.2) is 42.0 Å². The van der Waals surface area contributed by atoms with E-state index in [1.807, 2.05) is 6.08 Å². The predicted octanol–water partition coefficient (Wildman–Crippen LogP) is 3.83. The SMILES string of the molecule is CC1(C)C2=C(C=CC(C#N)C2)c2ccccc21. The normalized spacial score (nSPS) is 24.2. The van der Waals surface area contributed by atoms with E-state index in [1.54, 1.807) is 0 Å². The number of nitrogens with zero attached hydrogens (tertiary/aromatic N) is 1. The first-order chi connectivity index (χ1) is 8.14. The zero-order valence-corrected chi connectivity index (χ0v) is 10.2. The van der Waals surface area contributed by atoms with E-state index in [0.29, 0.717) is 0 Å². The summed E-state index contributed by atoms with van der Waals surface area (Å²) in [4.78, 5) is 0. The molecule has 0 radical (unpaired) electrons. The van der Waals surface area contributed by atoms with Gasteiger partial charge in [0.2, 0.25) is 0 Å². The number of nitriles is 1. The van der Waals surface area contributed by atoms with E-state index in [2.05, 4.69) is 50.3 Å². The Morgan fingerprint density at radius 1 is 1.29 bits per heavy atom. The van der Waals surface area contributed by atoms with Crippen LogP contribution in [0, 0.1) is 17.2 Å². The van der Waals surface area contributed by atoms with Crippen molar-refractivity contribution in [2.45, 2.75) is 25.7 Å². The highest BCUT2D eigenvalue weighted by atomic mass is 14.4. The third-order valence-corrected chi connectivity index (χ3v) is 4.06. The van der Waals surface area contributed by atoms with Crippen molar-refractivity contribution in [3.63, 3.8) is 0 Å². The Labute approximate surface area is 102 Å². The lowest BCUT2D eigenvalue weighted by molar-refractivity contribution is 0.586. The first-order valence-corrected chi connectivity index (χ1v) is 6.06. The van der Waals surface area contributed by atoms with Crippen LogP contribution in [0.3, 0.4) is 0 Å². The quantitative estimate of drug-likeness (QED) is 0.653. The van der Waals surface area contributed by atoms with Crippen LogP contribution in [-0.4, -0.2) is 0 Å². The Balaban J connectivity index is 2.19. The van der Waals surface area contributed by atoms with E-state index in [1.165, 1.54) is 22.3 Å². The molecule has 0 aromatic heterocycles. The number of benzene rings is 1. The van der Waals surface area contributed by atoms with Crippen molar-refractivity contribution in [1.82, 2.24) is 0 Å². The van der Waals surface area contributed by atoms with E-state index in [9.17, 15) is 0 Å². The molecule has 0 fully saturated rings. The molecule has 1 atom stereocenters. The molecule has 1 aromatic carbocycles. The van der Waals surface area contributed by atoms with Gasteiger partial charge in [-0.3, -0.25) is 0 Å². The van der Waals surface area contributed by atoms with E-state index in [4.69, 9.17) is 5.26 Å². The average molecular weight is 221 g/mol. The molecule has 1 aromatic rings. The van der Waals surface area contributed by atoms with Crippen LogP contribution in [0.25, 0.3) is 5.57 Å². The first kappa shape index (κ1) is 10.4. The molecular formula is C16H15N. The molecule has 2 aliphatic carbocycles. The average Bonchev–Trinajstić information content (AvgIpc) is 2.59. The van der Waals surface area contributed by atoms with Crippen molar-refractivity contribution in [2.24, 2.45) is 5.92 Å². The Morgan fingerprint density at radius 3 is 2.82 bits per heavy atom. The number of rotatable bonds is 0. The van der Waals surface area contributed by atoms with Crippen LogP contribution < -0.4 is 0 Å². The molecular weight excluding hydrogens is 206 g/mol. The molecule has 0 aliphatic heterocycles. The van der Waals surface area contributed by atoms with Gasteiger partial charge in [0.1, 0.15) is 0 Å². The molecule has 0 saturated carbocycles. The minimum absolute atomic E-state index is 0.0438. The zero-order valence-electron chi connectivity index (χ0n) is 10.2. The Kier molecular flexibility index (Phi) is 2.03. The topological polar surface area (TPSA) is 23.8 Å². The maximum Gasteiger partial charge on any atom is 0.0701 e. The van der Waals surface area contributed by atoms with E-state index in [-0.39, 0.29) is 11.3 Å². The van der Waals surface area contributed by atoms with Gasteiger partial charge in [0, 0.05) is 5.41 Å². The van der Waals surface area contributed by atoms with Crippen LogP contribution in [0.5, 0.6) is 0 Å². The third kappa shape index (κ3) is 1.31. The van der Waals surface area contributed by atoms with Crippen LogP contribution in [0.1, 0.15) is 31.4 Å². The van der Waals surface area contributed by atoms with Gasteiger partial charge in [0.15, 0.2) is 0 Å². The van der Waals surface area contributed by atoms with Crippen LogP contribution >= 0.6 is 0 Å². The molecule has 0 bridgehead atoms. The second-order valence-corrected chi connectivity index (χ2v) is 5.36. The van der Waals surface area contributed by atoms with Gasteiger partial charge in [-0.05, 0) is 23.1 Å². The summed E-state index contributed by atoms with van der Waals surface area (Å²) in [6.07, 6.45) is 5.06. The molecule has 0 spiro atoms. The fraction of sp³-hybridized carbons (Fsp3) is 0.312. The summed E-state index contributed by atoms with van der Waals surface area (Å²) in [6.45, 7) is 4.53. The van der Waals surface area contributed by atoms with Gasteiger partial charge < -0.3 is 0 Å². The fourth-order valence-electron chi connectivity index (χ4n) is 3.07. The smallest absolute Gasteiger partial charge is 0.0701 e. The third-order valence-electron chi connectivity index (χ3n) is 4.06. The molecule has 3 rings (SSSR count). The van der Waals surface area contributed by atoms with Gasteiger partial charge in [-0.1, -0.05) is 55.8 Å². The molecule has 1 unspecified atom stereocenters. The van der Waals surface area contributed by atoms with Crippen molar-refractivity contribution in [3.05, 3.63) is 53.1 Å². The van der Waals surface area contributed by atoms with Crippen LogP contribution in [0.2, 0.25) is 0 Å². The van der Waals surface area contributed by atoms with Crippen LogP contribution in [0.4, 0.5) is 0 Å². The summed E-state index contributed by atoms with van der Waals surface area (Å²) < 4.78 is 0. The zero-order chi connectivity index (χ0) is 12.0. The minimum Gasteiger partial charge on any atom is -0.198 e. The molecule has 0 saturated heterocycles. The van der Waals surface area contributed by atoms with Crippen molar-refractivity contribution in [1.29, 1.82) is 5.26 Å². The number of allylic oxidation sites excluding steroid dienone is 4. The maximum atomic E-state index is 9.07. The second-order valence-electron chi connectivity index (χ2n) is 5.36. The van der Waals surface area contributed by atoms with Crippen molar-refractivity contribution in [3.8, 4) is 6.07 Å². The van der Waals surface area contributed by atoms with Crippen LogP contribution in [-0.2, 0) is 5.41 Å². The van der Waals surface area contributed by atoms with E-state index < -0.39 is 0 Å². The lowest BCUT2D eigenvalue weighted by atomic mass is 9.76. The van der Waals surface area contributed by atoms with Gasteiger partial charge in [-0.25, -0.2) is 0 Å². The molecule has 0 heterocycles. The number of fused-ring (bicyclic) bond motifs is 2. The molecule has 0 N–H and O–H groups in total. The van der Waals surface area contributed by atoms with Crippen molar-refractivity contribution in [2.75, 3.05) is 0 Å². The summed E-state index contributed by atoms with van der Waals surface area (Å²) in [5.41, 5.74) is 5.59. The van der Waals surface area contributed by atoms with Gasteiger partial charge in [0.05, 0.1) is 12.0 Å². The standard InChI is InChI=1S/C16H15N/c1-16(2)14-6-4-3-5-12(14)13-8-7-11(10-17)9-15(13)16/h3-8,11H,9H2,1-2H3. The largest absolute Gasteiger partial charge is 0.198 e. The fourth-order valence-corrected chi connectivity index (χ4v) is 3.07. The van der Waals surface area contributed by atoms with Gasteiger partial charge in [0.25, 0.3) is 0 Å². The summed E-state index contributed by atoms with van der Waals surface area (Å²) in [5, 5.41) is 9.07. The lowest BCUT2D eigenvalue weighted by Gasteiger charge is -2.26. The Bertz CT molecular complexity index is 582. The first-order valence-electron chi connectivity index (χ1n) is 6.06. The maximum absolute atomic E-state index is 9.07. The highest BCUT2D eigenvalue weighted by Gasteiger charge is 2.38. The molecule has 17 heavy (non-hydrogen) atoms.